The lowest BCUT2D eigenvalue weighted by Gasteiger charge is -2.16. The molecule has 0 spiro atoms. The molecule has 24 heavy (non-hydrogen) atoms. The number of sulfonamides is 1. The molecular formula is C16H24N4O3S. The zero-order valence-electron chi connectivity index (χ0n) is 13.7. The first-order chi connectivity index (χ1) is 11.5. The van der Waals surface area contributed by atoms with Crippen LogP contribution in [0.2, 0.25) is 0 Å². The molecule has 2 aromatic rings. The highest BCUT2D eigenvalue weighted by Crippen LogP contribution is 2.10. The number of aryl methyl sites for hydroxylation is 1. The van der Waals surface area contributed by atoms with E-state index in [1.807, 2.05) is 0 Å². The van der Waals surface area contributed by atoms with Gasteiger partial charge in [-0.25, -0.2) is 18.1 Å². The van der Waals surface area contributed by atoms with E-state index >= 15 is 0 Å². The summed E-state index contributed by atoms with van der Waals surface area (Å²) in [6.07, 6.45) is 5.91. The third-order valence-electron chi connectivity index (χ3n) is 3.81. The number of aromatic amines is 1. The molecule has 1 heterocycles. The van der Waals surface area contributed by atoms with Crippen LogP contribution in [0, 0.1) is 0 Å². The molecule has 2 rings (SSSR count). The van der Waals surface area contributed by atoms with Crippen LogP contribution in [0.4, 0.5) is 0 Å². The lowest BCUT2D eigenvalue weighted by molar-refractivity contribution is 0.475. The fourth-order valence-corrected chi connectivity index (χ4v) is 3.77. The highest BCUT2D eigenvalue weighted by molar-refractivity contribution is 7.89. The van der Waals surface area contributed by atoms with Crippen LogP contribution in [-0.4, -0.2) is 42.3 Å². The van der Waals surface area contributed by atoms with E-state index in [0.717, 1.165) is 30.5 Å². The molecule has 132 valence electrons. The van der Waals surface area contributed by atoms with Gasteiger partial charge in [-0.2, -0.15) is 0 Å². The second-order valence-corrected chi connectivity index (χ2v) is 7.58. The summed E-state index contributed by atoms with van der Waals surface area (Å²) in [6.45, 7) is 0.215. The smallest absolute Gasteiger partial charge is 0.213 e. The molecule has 0 aliphatic rings. The first-order valence-corrected chi connectivity index (χ1v) is 9.53. The van der Waals surface area contributed by atoms with Crippen LogP contribution in [0.3, 0.4) is 0 Å². The Morgan fingerprint density at radius 3 is 2.67 bits per heavy atom. The van der Waals surface area contributed by atoms with E-state index in [1.54, 1.807) is 31.7 Å². The van der Waals surface area contributed by atoms with Crippen LogP contribution in [0.15, 0.2) is 36.8 Å². The quantitative estimate of drug-likeness (QED) is 0.513. The molecule has 1 atom stereocenters. The molecule has 7 nitrogen and oxygen atoms in total. The maximum atomic E-state index is 12.2. The van der Waals surface area contributed by atoms with Crippen molar-refractivity contribution in [3.05, 3.63) is 48.0 Å². The summed E-state index contributed by atoms with van der Waals surface area (Å²) in [7, 11) is -1.61. The van der Waals surface area contributed by atoms with Gasteiger partial charge in [0.2, 0.25) is 10.0 Å². The van der Waals surface area contributed by atoms with Crippen LogP contribution >= 0.6 is 0 Å². The molecule has 4 N–H and O–H groups in total. The number of phenols is 1. The minimum atomic E-state index is -3.38. The van der Waals surface area contributed by atoms with Gasteiger partial charge >= 0.3 is 0 Å². The van der Waals surface area contributed by atoms with Gasteiger partial charge in [0.25, 0.3) is 0 Å². The van der Waals surface area contributed by atoms with Gasteiger partial charge in [-0.15, -0.1) is 0 Å². The summed E-state index contributed by atoms with van der Waals surface area (Å²) >= 11 is 0. The van der Waals surface area contributed by atoms with Crippen molar-refractivity contribution >= 4 is 10.0 Å². The number of imidazole rings is 1. The number of H-pyrrole nitrogens is 1. The van der Waals surface area contributed by atoms with E-state index in [1.165, 1.54) is 12.1 Å². The zero-order chi connectivity index (χ0) is 17.4. The average Bonchev–Trinajstić information content (AvgIpc) is 3.07. The number of nitrogens with zero attached hydrogens (tertiary/aromatic N) is 1. The maximum absolute atomic E-state index is 12.2. The highest BCUT2D eigenvalue weighted by atomic mass is 32.2. The SMILES string of the molecule is CNC(CCCc1cnc[nH]1)CS(=O)(=O)NCc1ccc(O)cc1. The number of phenolic OH excluding ortho intramolecular Hbond substituents is 1. The topological polar surface area (TPSA) is 107 Å². The van der Waals surface area contributed by atoms with Crippen LogP contribution in [0.25, 0.3) is 0 Å². The van der Waals surface area contributed by atoms with Gasteiger partial charge < -0.3 is 15.4 Å². The van der Waals surface area contributed by atoms with E-state index in [0.29, 0.717) is 0 Å². The zero-order valence-corrected chi connectivity index (χ0v) is 14.5. The van der Waals surface area contributed by atoms with Crippen LogP contribution in [-0.2, 0) is 23.0 Å². The maximum Gasteiger partial charge on any atom is 0.213 e. The van der Waals surface area contributed by atoms with Crippen molar-refractivity contribution in [2.24, 2.45) is 0 Å². The monoisotopic (exact) mass is 352 g/mol. The Labute approximate surface area is 142 Å². The Hall–Kier alpha value is -1.90. The average molecular weight is 352 g/mol. The summed E-state index contributed by atoms with van der Waals surface area (Å²) in [5, 5.41) is 12.3. The van der Waals surface area contributed by atoms with Gasteiger partial charge in [-0.1, -0.05) is 12.1 Å². The van der Waals surface area contributed by atoms with Crippen LogP contribution in [0.1, 0.15) is 24.1 Å². The lowest BCUT2D eigenvalue weighted by Crippen LogP contribution is -2.38. The minimum Gasteiger partial charge on any atom is -0.508 e. The molecule has 1 aromatic carbocycles. The van der Waals surface area contributed by atoms with Crippen molar-refractivity contribution in [3.63, 3.8) is 0 Å². The Morgan fingerprint density at radius 1 is 1.29 bits per heavy atom. The van der Waals surface area contributed by atoms with E-state index < -0.39 is 10.0 Å². The molecular weight excluding hydrogens is 328 g/mol. The first-order valence-electron chi connectivity index (χ1n) is 7.88. The van der Waals surface area contributed by atoms with Crippen molar-refractivity contribution in [1.82, 2.24) is 20.0 Å². The van der Waals surface area contributed by atoms with Crippen molar-refractivity contribution in [1.29, 1.82) is 0 Å². The van der Waals surface area contributed by atoms with E-state index in [2.05, 4.69) is 20.0 Å². The number of hydrogen-bond acceptors (Lipinski definition) is 5. The first kappa shape index (κ1) is 18.4. The van der Waals surface area contributed by atoms with Crippen molar-refractivity contribution in [2.45, 2.75) is 31.8 Å². The summed E-state index contributed by atoms with van der Waals surface area (Å²) in [4.78, 5) is 7.00. The Morgan fingerprint density at radius 2 is 2.04 bits per heavy atom. The Bertz CT molecular complexity index is 699. The van der Waals surface area contributed by atoms with Gasteiger partial charge in [0, 0.05) is 24.5 Å². The molecule has 0 fully saturated rings. The third kappa shape index (κ3) is 6.31. The Balaban J connectivity index is 1.78. The van der Waals surface area contributed by atoms with Crippen molar-refractivity contribution in [3.8, 4) is 5.75 Å². The third-order valence-corrected chi connectivity index (χ3v) is 5.24. The molecule has 0 saturated carbocycles. The molecule has 1 unspecified atom stereocenters. The largest absolute Gasteiger partial charge is 0.508 e. The molecule has 8 heteroatoms. The highest BCUT2D eigenvalue weighted by Gasteiger charge is 2.17. The molecule has 0 aliphatic carbocycles. The van der Waals surface area contributed by atoms with E-state index in [4.69, 9.17) is 0 Å². The normalized spacial score (nSPS) is 13.0. The second kappa shape index (κ2) is 8.81. The molecule has 1 aromatic heterocycles. The van der Waals surface area contributed by atoms with Gasteiger partial charge in [-0.3, -0.25) is 0 Å². The van der Waals surface area contributed by atoms with E-state index in [-0.39, 0.29) is 24.1 Å². The molecule has 0 amide bonds. The number of nitrogens with one attached hydrogen (secondary N) is 3. The number of aromatic hydroxyl groups is 1. The van der Waals surface area contributed by atoms with Crippen molar-refractivity contribution < 1.29 is 13.5 Å². The number of benzene rings is 1. The van der Waals surface area contributed by atoms with Gasteiger partial charge in [0.05, 0.1) is 12.1 Å². The Kier molecular flexibility index (Phi) is 6.77. The van der Waals surface area contributed by atoms with Gasteiger partial charge in [-0.05, 0) is 44.0 Å². The number of hydrogen-bond donors (Lipinski definition) is 4. The summed E-state index contributed by atoms with van der Waals surface area (Å²) < 4.78 is 27.0. The molecule has 0 bridgehead atoms. The van der Waals surface area contributed by atoms with Gasteiger partial charge in [0.1, 0.15) is 5.75 Å². The van der Waals surface area contributed by atoms with E-state index in [9.17, 15) is 13.5 Å². The fraction of sp³-hybridized carbons (Fsp3) is 0.438. The molecule has 0 saturated heterocycles. The fourth-order valence-electron chi connectivity index (χ4n) is 2.40. The molecule has 0 aliphatic heterocycles. The summed E-state index contributed by atoms with van der Waals surface area (Å²) in [5.74, 6) is 0.194. The minimum absolute atomic E-state index is 0.0323. The standard InChI is InChI=1S/C16H24N4O3S/c1-17-15(4-2-3-14-10-18-12-19-14)11-24(22,23)20-9-13-5-7-16(21)8-6-13/h5-8,10,12,15,17,20-21H,2-4,9,11H2,1H3,(H,18,19). The number of aromatic nitrogens is 2. The summed E-state index contributed by atoms with van der Waals surface area (Å²) in [6, 6.07) is 6.35. The van der Waals surface area contributed by atoms with Crippen LogP contribution in [0.5, 0.6) is 5.75 Å². The number of rotatable bonds is 10. The predicted molar refractivity (Wildman–Crippen MR) is 93.1 cm³/mol. The van der Waals surface area contributed by atoms with Crippen LogP contribution < -0.4 is 10.0 Å². The van der Waals surface area contributed by atoms with Gasteiger partial charge in [0.15, 0.2) is 0 Å². The molecule has 0 radical (unpaired) electrons. The lowest BCUT2D eigenvalue weighted by atomic mass is 10.1. The van der Waals surface area contributed by atoms with Crippen molar-refractivity contribution in [2.75, 3.05) is 12.8 Å². The second-order valence-electron chi connectivity index (χ2n) is 5.72. The summed E-state index contributed by atoms with van der Waals surface area (Å²) in [5.41, 5.74) is 1.86. The predicted octanol–water partition coefficient (Wildman–Crippen LogP) is 1.15.